The van der Waals surface area contributed by atoms with E-state index in [1.165, 1.54) is 0 Å². The number of hydrogen-bond donors (Lipinski definition) is 2. The number of rotatable bonds is 3. The maximum absolute atomic E-state index is 10.4. The van der Waals surface area contributed by atoms with Gasteiger partial charge in [0.15, 0.2) is 0 Å². The van der Waals surface area contributed by atoms with Crippen molar-refractivity contribution in [3.05, 3.63) is 0 Å². The minimum atomic E-state index is -1.01. The van der Waals surface area contributed by atoms with Crippen LogP contribution in [0.4, 0.5) is 0 Å². The third-order valence-corrected chi connectivity index (χ3v) is 0.897. The van der Waals surface area contributed by atoms with Crippen molar-refractivity contribution in [3.8, 4) is 0 Å². The second-order valence-electron chi connectivity index (χ2n) is 1.30. The highest BCUT2D eigenvalue weighted by atomic mass is 32.1. The van der Waals surface area contributed by atoms with Gasteiger partial charge in [0.2, 0.25) is 5.78 Å². The van der Waals surface area contributed by atoms with Gasteiger partial charge in [-0.25, -0.2) is 4.79 Å². The van der Waals surface area contributed by atoms with Gasteiger partial charge in [-0.3, -0.25) is 4.79 Å². The first-order valence-corrected chi connectivity index (χ1v) is 2.90. The Hall–Kier alpha value is -0.550. The lowest BCUT2D eigenvalue weighted by molar-refractivity contribution is -0.154. The summed E-state index contributed by atoms with van der Waals surface area (Å²) in [6.07, 6.45) is 0.0686. The predicted octanol–water partition coefficient (Wildman–Crippen LogP) is -0.595. The summed E-state index contributed by atoms with van der Waals surface area (Å²) in [5, 5.41) is 0. The lowest BCUT2D eigenvalue weighted by Gasteiger charge is -1.91. The molecule has 0 saturated heterocycles. The second-order valence-corrected chi connectivity index (χ2v) is 1.75. The summed E-state index contributed by atoms with van der Waals surface area (Å²) in [6, 6.07) is 0. The van der Waals surface area contributed by atoms with Crippen LogP contribution in [0.25, 0.3) is 0 Å². The molecule has 0 aliphatic heterocycles. The van der Waals surface area contributed by atoms with Gasteiger partial charge in [0.05, 0.1) is 0 Å². The molecule has 4 nitrogen and oxygen atoms in total. The van der Waals surface area contributed by atoms with Crippen molar-refractivity contribution in [2.45, 2.75) is 6.42 Å². The molecule has 0 aliphatic rings. The van der Waals surface area contributed by atoms with Gasteiger partial charge in [0, 0.05) is 6.42 Å². The maximum atomic E-state index is 10.4. The zero-order valence-corrected chi connectivity index (χ0v) is 5.56. The molecule has 0 atom stereocenters. The lowest BCUT2D eigenvalue weighted by atomic mass is 10.3. The van der Waals surface area contributed by atoms with Crippen molar-refractivity contribution in [2.24, 2.45) is 5.90 Å². The molecule has 0 saturated carbocycles. The van der Waals surface area contributed by atoms with E-state index < -0.39 is 11.8 Å². The fraction of sp³-hybridized carbons (Fsp3) is 0.500. The number of nitrogens with two attached hydrogens (primary N) is 1. The van der Waals surface area contributed by atoms with Gasteiger partial charge in [-0.05, 0) is 5.75 Å². The molecular formula is C4H8NO3S+. The number of Topliss-reactive ketones (excluding diaryl/α,β-unsaturated/α-hetero) is 1. The number of carbonyl (C=O) groups is 2. The van der Waals surface area contributed by atoms with Crippen LogP contribution < -0.4 is 5.90 Å². The monoisotopic (exact) mass is 150 g/mol. The quantitative estimate of drug-likeness (QED) is 0.320. The standard InChI is InChI=1S/C4H7NO3S/c5-8-4(7)3(6)1-2-9/h9H,1-2,5H2/p+1. The molecule has 0 heterocycles. The zero-order chi connectivity index (χ0) is 7.28. The van der Waals surface area contributed by atoms with E-state index in [4.69, 9.17) is 0 Å². The number of thiol groups is 1. The average Bonchev–Trinajstić information content (AvgIpc) is 1.87. The summed E-state index contributed by atoms with van der Waals surface area (Å²) in [5.41, 5.74) is 0. The van der Waals surface area contributed by atoms with Gasteiger partial charge in [-0.15, -0.1) is 0 Å². The van der Waals surface area contributed by atoms with Crippen molar-refractivity contribution in [3.63, 3.8) is 0 Å². The van der Waals surface area contributed by atoms with Crippen LogP contribution in [0, 0.1) is 0 Å². The van der Waals surface area contributed by atoms with E-state index in [1.807, 2.05) is 0 Å². The van der Waals surface area contributed by atoms with Crippen molar-refractivity contribution in [2.75, 3.05) is 5.75 Å². The summed E-state index contributed by atoms with van der Waals surface area (Å²) in [5.74, 6) is 3.08. The van der Waals surface area contributed by atoms with Crippen LogP contribution in [0.5, 0.6) is 0 Å². The normalized spacial score (nSPS) is 8.67. The first-order chi connectivity index (χ1) is 4.22. The van der Waals surface area contributed by atoms with Gasteiger partial charge in [-0.2, -0.15) is 18.5 Å². The first-order valence-electron chi connectivity index (χ1n) is 2.27. The Bertz CT molecular complexity index is 130. The molecule has 2 N–H and O–H groups in total. The van der Waals surface area contributed by atoms with Crippen LogP contribution in [0.3, 0.4) is 0 Å². The van der Waals surface area contributed by atoms with Gasteiger partial charge >= 0.3 is 7.40 Å². The topological polar surface area (TPSA) is 69.4 Å². The molecular weight excluding hydrogens is 142 g/mol. The minimum absolute atomic E-state index is 0. The molecule has 0 unspecified atom stereocenters. The van der Waals surface area contributed by atoms with E-state index in [9.17, 15) is 9.59 Å². The summed E-state index contributed by atoms with van der Waals surface area (Å²) in [7, 11) is 0. The fourth-order valence-electron chi connectivity index (χ4n) is 0.269. The van der Waals surface area contributed by atoms with Crippen molar-refractivity contribution < 1.29 is 15.9 Å². The summed E-state index contributed by atoms with van der Waals surface area (Å²) in [6.45, 7) is 0. The molecule has 0 aliphatic carbocycles. The maximum Gasteiger partial charge on any atom is 1.00 e. The van der Waals surface area contributed by atoms with Crippen LogP contribution in [0.15, 0.2) is 0 Å². The van der Waals surface area contributed by atoms with Gasteiger partial charge in [-0.1, -0.05) is 0 Å². The highest BCUT2D eigenvalue weighted by Crippen LogP contribution is 1.87. The molecule has 0 rings (SSSR count). The minimum Gasteiger partial charge on any atom is -0.367 e. The Balaban J connectivity index is 0. The summed E-state index contributed by atoms with van der Waals surface area (Å²) < 4.78 is 0. The highest BCUT2D eigenvalue weighted by molar-refractivity contribution is 7.80. The van der Waals surface area contributed by atoms with Gasteiger partial charge in [0.25, 0.3) is 0 Å². The predicted molar refractivity (Wildman–Crippen MR) is 34.9 cm³/mol. The van der Waals surface area contributed by atoms with Crippen molar-refractivity contribution >= 4 is 24.4 Å². The summed E-state index contributed by atoms with van der Waals surface area (Å²) in [4.78, 5) is 24.2. The van der Waals surface area contributed by atoms with Crippen LogP contribution in [0.2, 0.25) is 0 Å². The highest BCUT2D eigenvalue weighted by Gasteiger charge is 2.11. The zero-order valence-electron chi connectivity index (χ0n) is 5.66. The number of carbonyl (C=O) groups excluding carboxylic acids is 2. The Kier molecular flexibility index (Phi) is 4.08. The van der Waals surface area contributed by atoms with Crippen molar-refractivity contribution in [1.82, 2.24) is 0 Å². The van der Waals surface area contributed by atoms with Crippen molar-refractivity contribution in [1.29, 1.82) is 0 Å². The molecule has 0 fully saturated rings. The molecule has 0 radical (unpaired) electrons. The fourth-order valence-corrected chi connectivity index (χ4v) is 0.472. The van der Waals surface area contributed by atoms with Crippen LogP contribution in [0.1, 0.15) is 7.85 Å². The number of ketones is 1. The van der Waals surface area contributed by atoms with Gasteiger partial charge < -0.3 is 4.84 Å². The largest absolute Gasteiger partial charge is 1.00 e. The van der Waals surface area contributed by atoms with Crippen LogP contribution in [-0.4, -0.2) is 17.5 Å². The smallest absolute Gasteiger partial charge is 0.367 e. The van der Waals surface area contributed by atoms with Crippen LogP contribution >= 0.6 is 12.6 Å². The Labute approximate surface area is 59.2 Å². The molecule has 9 heavy (non-hydrogen) atoms. The van der Waals surface area contributed by atoms with Gasteiger partial charge in [0.1, 0.15) is 0 Å². The lowest BCUT2D eigenvalue weighted by Crippen LogP contribution is -2.20. The van der Waals surface area contributed by atoms with E-state index in [2.05, 4.69) is 23.4 Å². The van der Waals surface area contributed by atoms with E-state index in [0.29, 0.717) is 5.75 Å². The molecule has 0 bridgehead atoms. The molecule has 0 amide bonds. The second kappa shape index (κ2) is 4.34. The third-order valence-electron chi connectivity index (χ3n) is 0.674. The Morgan fingerprint density at radius 3 is 2.56 bits per heavy atom. The average molecular weight is 150 g/mol. The molecule has 0 spiro atoms. The molecule has 0 aromatic carbocycles. The van der Waals surface area contributed by atoms with E-state index >= 15 is 0 Å². The molecule has 0 aromatic rings. The van der Waals surface area contributed by atoms with E-state index in [1.54, 1.807) is 0 Å². The third kappa shape index (κ3) is 3.10. The first kappa shape index (κ1) is 8.45. The van der Waals surface area contributed by atoms with Crippen LogP contribution in [-0.2, 0) is 14.4 Å². The van der Waals surface area contributed by atoms with E-state index in [0.717, 1.165) is 0 Å². The Morgan fingerprint density at radius 2 is 2.22 bits per heavy atom. The molecule has 52 valence electrons. The number of hydrogen-bond acceptors (Lipinski definition) is 5. The SMILES string of the molecule is NOC(=O)C(=O)CCS.[H+]. The van der Waals surface area contributed by atoms with E-state index in [-0.39, 0.29) is 7.85 Å². The molecule has 0 aromatic heterocycles. The summed E-state index contributed by atoms with van der Waals surface area (Å²) >= 11 is 3.72. The molecule has 5 heteroatoms. The Morgan fingerprint density at radius 1 is 1.67 bits per heavy atom.